The smallest absolute Gasteiger partial charge is 0.239 e. The van der Waals surface area contributed by atoms with Crippen molar-refractivity contribution in [2.75, 3.05) is 19.6 Å². The summed E-state index contributed by atoms with van der Waals surface area (Å²) < 4.78 is 0. The highest BCUT2D eigenvalue weighted by molar-refractivity contribution is 5.87. The van der Waals surface area contributed by atoms with Crippen LogP contribution >= 0.6 is 0 Å². The second-order valence-corrected chi connectivity index (χ2v) is 3.86. The first-order valence-electron chi connectivity index (χ1n) is 5.46. The quantitative estimate of drug-likeness (QED) is 0.658. The van der Waals surface area contributed by atoms with E-state index in [9.17, 15) is 9.59 Å². The number of nitrogens with two attached hydrogens (primary N) is 1. The van der Waals surface area contributed by atoms with E-state index in [-0.39, 0.29) is 18.4 Å². The van der Waals surface area contributed by atoms with Crippen LogP contribution in [0.1, 0.15) is 26.2 Å². The van der Waals surface area contributed by atoms with Gasteiger partial charge in [-0.3, -0.25) is 9.59 Å². The van der Waals surface area contributed by atoms with Crippen molar-refractivity contribution in [1.82, 2.24) is 10.2 Å². The number of nitrogens with one attached hydrogen (secondary N) is 1. The van der Waals surface area contributed by atoms with Gasteiger partial charge in [0.15, 0.2) is 0 Å². The number of hydrogen-bond donors (Lipinski definition) is 2. The lowest BCUT2D eigenvalue weighted by Crippen LogP contribution is -2.51. The van der Waals surface area contributed by atoms with Gasteiger partial charge < -0.3 is 16.0 Å². The lowest BCUT2D eigenvalue weighted by Gasteiger charge is -2.29. The van der Waals surface area contributed by atoms with Gasteiger partial charge in [-0.2, -0.15) is 0 Å². The van der Waals surface area contributed by atoms with Crippen LogP contribution in [0.4, 0.5) is 0 Å². The minimum Gasteiger partial charge on any atom is -0.355 e. The second-order valence-electron chi connectivity index (χ2n) is 3.86. The maximum atomic E-state index is 11.6. The molecule has 1 heterocycles. The maximum absolute atomic E-state index is 11.6. The molecule has 2 amide bonds. The monoisotopic (exact) mass is 213 g/mol. The predicted molar refractivity (Wildman–Crippen MR) is 57.1 cm³/mol. The number of carbonyl (C=O) groups is 2. The molecule has 1 fully saturated rings. The summed E-state index contributed by atoms with van der Waals surface area (Å²) in [4.78, 5) is 24.5. The van der Waals surface area contributed by atoms with Crippen LogP contribution in [-0.4, -0.2) is 42.4 Å². The van der Waals surface area contributed by atoms with Crippen molar-refractivity contribution in [1.29, 1.82) is 0 Å². The number of hydrogen-bond acceptors (Lipinski definition) is 3. The van der Waals surface area contributed by atoms with E-state index in [1.165, 1.54) is 0 Å². The van der Waals surface area contributed by atoms with Crippen LogP contribution in [0.15, 0.2) is 0 Å². The third-order valence-electron chi connectivity index (χ3n) is 2.48. The average Bonchev–Trinajstić information content (AvgIpc) is 2.22. The predicted octanol–water partition coefficient (Wildman–Crippen LogP) is -0.538. The van der Waals surface area contributed by atoms with Crippen molar-refractivity contribution in [2.24, 2.45) is 5.73 Å². The molecule has 15 heavy (non-hydrogen) atoms. The van der Waals surface area contributed by atoms with Gasteiger partial charge in [-0.05, 0) is 19.3 Å². The molecule has 3 N–H and O–H groups in total. The zero-order chi connectivity index (χ0) is 11.3. The Bertz CT molecular complexity index is 243. The summed E-state index contributed by atoms with van der Waals surface area (Å²) in [5.74, 6) is -0.202. The molecule has 0 bridgehead atoms. The zero-order valence-electron chi connectivity index (χ0n) is 9.16. The fourth-order valence-corrected chi connectivity index (χ4v) is 1.62. The number of nitrogens with zero attached hydrogens (tertiary/aromatic N) is 1. The van der Waals surface area contributed by atoms with E-state index in [1.54, 1.807) is 4.90 Å². The molecule has 1 unspecified atom stereocenters. The van der Waals surface area contributed by atoms with Crippen LogP contribution < -0.4 is 11.1 Å². The fourth-order valence-electron chi connectivity index (χ4n) is 1.62. The van der Waals surface area contributed by atoms with E-state index in [0.717, 1.165) is 19.3 Å². The number of piperidine rings is 1. The van der Waals surface area contributed by atoms with Gasteiger partial charge in [0, 0.05) is 13.1 Å². The summed E-state index contributed by atoms with van der Waals surface area (Å²) in [6.45, 7) is 3.44. The molecule has 0 aromatic carbocycles. The molecule has 5 nitrogen and oxygen atoms in total. The van der Waals surface area contributed by atoms with E-state index in [2.05, 4.69) is 5.32 Å². The average molecular weight is 213 g/mol. The minimum atomic E-state index is -0.419. The second kappa shape index (κ2) is 5.70. The Morgan fingerprint density at radius 1 is 1.67 bits per heavy atom. The molecule has 5 heteroatoms. The maximum Gasteiger partial charge on any atom is 0.239 e. The Morgan fingerprint density at radius 2 is 2.40 bits per heavy atom. The van der Waals surface area contributed by atoms with Gasteiger partial charge >= 0.3 is 0 Å². The van der Waals surface area contributed by atoms with Gasteiger partial charge in [-0.15, -0.1) is 0 Å². The van der Waals surface area contributed by atoms with Gasteiger partial charge in [0.25, 0.3) is 0 Å². The Kier molecular flexibility index (Phi) is 4.55. The molecule has 1 atom stereocenters. The molecular weight excluding hydrogens is 194 g/mol. The molecule has 0 aliphatic carbocycles. The van der Waals surface area contributed by atoms with Crippen molar-refractivity contribution in [3.8, 4) is 0 Å². The Morgan fingerprint density at radius 3 is 3.07 bits per heavy atom. The van der Waals surface area contributed by atoms with Gasteiger partial charge in [0.1, 0.15) is 0 Å². The van der Waals surface area contributed by atoms with Crippen LogP contribution in [0.3, 0.4) is 0 Å². The highest BCUT2D eigenvalue weighted by Crippen LogP contribution is 2.08. The molecule has 0 radical (unpaired) electrons. The normalized spacial score (nSPS) is 21.6. The van der Waals surface area contributed by atoms with Crippen molar-refractivity contribution in [3.05, 3.63) is 0 Å². The largest absolute Gasteiger partial charge is 0.355 e. The third kappa shape index (κ3) is 3.51. The molecule has 1 saturated heterocycles. The van der Waals surface area contributed by atoms with Crippen molar-refractivity contribution < 1.29 is 9.59 Å². The molecule has 86 valence electrons. The summed E-state index contributed by atoms with van der Waals surface area (Å²) >= 11 is 0. The van der Waals surface area contributed by atoms with Crippen molar-refractivity contribution >= 4 is 11.8 Å². The summed E-state index contributed by atoms with van der Waals surface area (Å²) in [6, 6.07) is -0.419. The van der Waals surface area contributed by atoms with Crippen LogP contribution in [0.2, 0.25) is 0 Å². The first-order valence-corrected chi connectivity index (χ1v) is 5.46. The lowest BCUT2D eigenvalue weighted by molar-refractivity contribution is -0.139. The first-order chi connectivity index (χ1) is 7.15. The topological polar surface area (TPSA) is 75.4 Å². The fraction of sp³-hybridized carbons (Fsp3) is 0.800. The highest BCUT2D eigenvalue weighted by atomic mass is 16.2. The van der Waals surface area contributed by atoms with Crippen LogP contribution in [-0.2, 0) is 9.59 Å². The first kappa shape index (κ1) is 12.0. The molecular formula is C10H19N3O2. The molecule has 1 aliphatic rings. The number of rotatable bonds is 4. The SMILES string of the molecule is CCCNC(=O)CN1CCCC(N)C1=O. The summed E-state index contributed by atoms with van der Waals surface area (Å²) in [7, 11) is 0. The molecule has 0 spiro atoms. The Hall–Kier alpha value is -1.10. The lowest BCUT2D eigenvalue weighted by atomic mass is 10.1. The molecule has 1 aliphatic heterocycles. The standard InChI is InChI=1S/C10H19N3O2/c1-2-5-12-9(14)7-13-6-3-4-8(11)10(13)15/h8H,2-7,11H2,1H3,(H,12,14). The van der Waals surface area contributed by atoms with E-state index >= 15 is 0 Å². The summed E-state index contributed by atoms with van der Waals surface area (Å²) in [5.41, 5.74) is 5.62. The zero-order valence-corrected chi connectivity index (χ0v) is 9.16. The van der Waals surface area contributed by atoms with Crippen LogP contribution in [0, 0.1) is 0 Å². The van der Waals surface area contributed by atoms with Gasteiger partial charge in [-0.1, -0.05) is 6.92 Å². The molecule has 1 rings (SSSR count). The van der Waals surface area contributed by atoms with E-state index in [4.69, 9.17) is 5.73 Å². The van der Waals surface area contributed by atoms with Crippen molar-refractivity contribution in [3.63, 3.8) is 0 Å². The molecule has 0 saturated carbocycles. The third-order valence-corrected chi connectivity index (χ3v) is 2.48. The number of carbonyl (C=O) groups excluding carboxylic acids is 2. The number of likely N-dealkylation sites (tertiary alicyclic amines) is 1. The number of amides is 2. The van der Waals surface area contributed by atoms with E-state index < -0.39 is 6.04 Å². The van der Waals surface area contributed by atoms with E-state index in [0.29, 0.717) is 13.1 Å². The molecule has 0 aromatic heterocycles. The van der Waals surface area contributed by atoms with E-state index in [1.807, 2.05) is 6.92 Å². The van der Waals surface area contributed by atoms with Gasteiger partial charge in [0.2, 0.25) is 11.8 Å². The van der Waals surface area contributed by atoms with Crippen LogP contribution in [0.5, 0.6) is 0 Å². The van der Waals surface area contributed by atoms with Crippen LogP contribution in [0.25, 0.3) is 0 Å². The van der Waals surface area contributed by atoms with Crippen molar-refractivity contribution in [2.45, 2.75) is 32.2 Å². The summed E-state index contributed by atoms with van der Waals surface area (Å²) in [5, 5.41) is 2.74. The highest BCUT2D eigenvalue weighted by Gasteiger charge is 2.26. The Balaban J connectivity index is 2.36. The minimum absolute atomic E-state index is 0.0979. The van der Waals surface area contributed by atoms with Gasteiger partial charge in [0.05, 0.1) is 12.6 Å². The van der Waals surface area contributed by atoms with Gasteiger partial charge in [-0.25, -0.2) is 0 Å². The Labute approximate surface area is 90.0 Å². The summed E-state index contributed by atoms with van der Waals surface area (Å²) in [6.07, 6.45) is 2.51. The molecule has 0 aromatic rings.